The van der Waals surface area contributed by atoms with Gasteiger partial charge < -0.3 is 5.11 Å². The van der Waals surface area contributed by atoms with Gasteiger partial charge in [0.15, 0.2) is 0 Å². The molecule has 22 heavy (non-hydrogen) atoms. The van der Waals surface area contributed by atoms with Crippen LogP contribution in [-0.2, 0) is 0 Å². The van der Waals surface area contributed by atoms with Crippen LogP contribution in [-0.4, -0.2) is 22.5 Å². The maximum absolute atomic E-state index is 10.8. The summed E-state index contributed by atoms with van der Waals surface area (Å²) >= 11 is 0. The standard InChI is InChI=1S/C16H13N3O3/c20-16-10-4-2-7-14(16)12-18-17-11-5-8-13-6-1-3-9-15(13)19(21)22/h1-12,20H/b8-5+,17-11-,18-12-. The van der Waals surface area contributed by atoms with Crippen molar-refractivity contribution in [2.24, 2.45) is 10.2 Å². The fraction of sp³-hybridized carbons (Fsp3) is 0. The number of benzene rings is 2. The molecule has 0 saturated carbocycles. The SMILES string of the molecule is O=[N+]([O-])c1ccccc1/C=C/C=N\N=C/c1ccccc1O. The number of nitro benzene ring substituents is 1. The lowest BCUT2D eigenvalue weighted by Gasteiger charge is -1.95. The molecule has 6 heteroatoms. The van der Waals surface area contributed by atoms with Gasteiger partial charge in [0.25, 0.3) is 5.69 Å². The maximum Gasteiger partial charge on any atom is 0.276 e. The monoisotopic (exact) mass is 295 g/mol. The Balaban J connectivity index is 2.01. The third-order valence-electron chi connectivity index (χ3n) is 2.76. The summed E-state index contributed by atoms with van der Waals surface area (Å²) in [4.78, 5) is 10.4. The normalized spacial score (nSPS) is 11.6. The lowest BCUT2D eigenvalue weighted by Crippen LogP contribution is -1.90. The molecule has 0 heterocycles. The first-order valence-electron chi connectivity index (χ1n) is 6.43. The molecule has 2 aromatic rings. The average molecular weight is 295 g/mol. The van der Waals surface area contributed by atoms with Crippen molar-refractivity contribution in [3.05, 3.63) is 75.8 Å². The van der Waals surface area contributed by atoms with Gasteiger partial charge in [-0.15, -0.1) is 0 Å². The van der Waals surface area contributed by atoms with E-state index in [9.17, 15) is 15.2 Å². The van der Waals surface area contributed by atoms with E-state index in [4.69, 9.17) is 0 Å². The van der Waals surface area contributed by atoms with Gasteiger partial charge in [0.05, 0.1) is 16.7 Å². The summed E-state index contributed by atoms with van der Waals surface area (Å²) in [5.74, 6) is 0.122. The molecule has 0 fully saturated rings. The Kier molecular flexibility index (Phi) is 5.15. The fourth-order valence-corrected chi connectivity index (χ4v) is 1.71. The lowest BCUT2D eigenvalue weighted by molar-refractivity contribution is -0.385. The molecule has 0 aliphatic heterocycles. The van der Waals surface area contributed by atoms with Gasteiger partial charge >= 0.3 is 0 Å². The third-order valence-corrected chi connectivity index (χ3v) is 2.76. The number of rotatable bonds is 5. The number of hydrogen-bond donors (Lipinski definition) is 1. The zero-order valence-electron chi connectivity index (χ0n) is 11.5. The number of phenols is 1. The molecule has 0 spiro atoms. The van der Waals surface area contributed by atoms with Crippen LogP contribution in [0.25, 0.3) is 6.08 Å². The van der Waals surface area contributed by atoms with Crippen LogP contribution in [0.5, 0.6) is 5.75 Å². The second-order valence-corrected chi connectivity index (χ2v) is 4.24. The molecule has 0 bridgehead atoms. The molecule has 0 radical (unpaired) electrons. The van der Waals surface area contributed by atoms with E-state index in [2.05, 4.69) is 10.2 Å². The van der Waals surface area contributed by atoms with E-state index in [1.165, 1.54) is 18.5 Å². The second kappa shape index (κ2) is 7.49. The quantitative estimate of drug-likeness (QED) is 0.520. The first-order valence-corrected chi connectivity index (χ1v) is 6.43. The van der Waals surface area contributed by atoms with Gasteiger partial charge in [0, 0.05) is 17.8 Å². The van der Waals surface area contributed by atoms with E-state index in [0.717, 1.165) is 0 Å². The molecule has 0 aliphatic rings. The number of phenolic OH excluding ortho intramolecular Hbond substituents is 1. The average Bonchev–Trinajstić information content (AvgIpc) is 2.52. The molecule has 0 saturated heterocycles. The Morgan fingerprint density at radius 1 is 1.00 bits per heavy atom. The van der Waals surface area contributed by atoms with Crippen LogP contribution >= 0.6 is 0 Å². The van der Waals surface area contributed by atoms with Crippen LogP contribution in [0.2, 0.25) is 0 Å². The molecule has 0 unspecified atom stereocenters. The molecule has 110 valence electrons. The van der Waals surface area contributed by atoms with Crippen LogP contribution < -0.4 is 0 Å². The van der Waals surface area contributed by atoms with E-state index in [1.807, 2.05) is 0 Å². The molecule has 0 aromatic heterocycles. The van der Waals surface area contributed by atoms with Gasteiger partial charge in [-0.25, -0.2) is 0 Å². The largest absolute Gasteiger partial charge is 0.507 e. The third kappa shape index (κ3) is 4.11. The lowest BCUT2D eigenvalue weighted by atomic mass is 10.2. The predicted octanol–water partition coefficient (Wildman–Crippen LogP) is 3.42. The van der Waals surface area contributed by atoms with Gasteiger partial charge in [-0.05, 0) is 30.4 Å². The zero-order valence-corrected chi connectivity index (χ0v) is 11.5. The van der Waals surface area contributed by atoms with Crippen molar-refractivity contribution in [2.45, 2.75) is 0 Å². The number of nitrogens with zero attached hydrogens (tertiary/aromatic N) is 3. The molecule has 2 aromatic carbocycles. The summed E-state index contributed by atoms with van der Waals surface area (Å²) in [5, 5.41) is 27.9. The first-order chi connectivity index (χ1) is 10.7. The molecule has 0 amide bonds. The van der Waals surface area contributed by atoms with E-state index in [-0.39, 0.29) is 11.4 Å². The van der Waals surface area contributed by atoms with E-state index in [0.29, 0.717) is 11.1 Å². The van der Waals surface area contributed by atoms with Gasteiger partial charge in [0.1, 0.15) is 5.75 Å². The molecule has 0 atom stereocenters. The van der Waals surface area contributed by atoms with Crippen LogP contribution in [0.3, 0.4) is 0 Å². The van der Waals surface area contributed by atoms with E-state index < -0.39 is 4.92 Å². The summed E-state index contributed by atoms with van der Waals surface area (Å²) in [5.41, 5.74) is 1.08. The molecule has 6 nitrogen and oxygen atoms in total. The van der Waals surface area contributed by atoms with Crippen LogP contribution in [0.1, 0.15) is 11.1 Å². The first kappa shape index (κ1) is 15.1. The highest BCUT2D eigenvalue weighted by Crippen LogP contribution is 2.18. The summed E-state index contributed by atoms with van der Waals surface area (Å²) in [6, 6.07) is 13.2. The van der Waals surface area contributed by atoms with Crippen molar-refractivity contribution in [3.63, 3.8) is 0 Å². The minimum absolute atomic E-state index is 0.0323. The number of para-hydroxylation sites is 2. The van der Waals surface area contributed by atoms with Crippen molar-refractivity contribution < 1.29 is 10.0 Å². The molecule has 0 aliphatic carbocycles. The van der Waals surface area contributed by atoms with E-state index in [1.54, 1.807) is 54.6 Å². The van der Waals surface area contributed by atoms with Crippen molar-refractivity contribution in [1.82, 2.24) is 0 Å². The Labute approximate surface area is 126 Å². The molecule has 2 rings (SSSR count). The smallest absolute Gasteiger partial charge is 0.276 e. The summed E-state index contributed by atoms with van der Waals surface area (Å²) < 4.78 is 0. The van der Waals surface area contributed by atoms with Crippen molar-refractivity contribution in [1.29, 1.82) is 0 Å². The van der Waals surface area contributed by atoms with Gasteiger partial charge in [-0.2, -0.15) is 10.2 Å². The Morgan fingerprint density at radius 2 is 1.68 bits per heavy atom. The number of aromatic hydroxyl groups is 1. The zero-order chi connectivity index (χ0) is 15.8. The topological polar surface area (TPSA) is 88.1 Å². The number of hydrogen-bond acceptors (Lipinski definition) is 5. The predicted molar refractivity (Wildman–Crippen MR) is 86.3 cm³/mol. The summed E-state index contributed by atoms with van der Waals surface area (Å²) in [6.07, 6.45) is 5.97. The van der Waals surface area contributed by atoms with Gasteiger partial charge in [-0.1, -0.05) is 24.3 Å². The number of allylic oxidation sites excluding steroid dienone is 1. The number of nitro groups is 1. The van der Waals surface area contributed by atoms with Crippen LogP contribution in [0, 0.1) is 10.1 Å². The Morgan fingerprint density at radius 3 is 2.41 bits per heavy atom. The van der Waals surface area contributed by atoms with Gasteiger partial charge in [0.2, 0.25) is 0 Å². The Bertz CT molecular complexity index is 752. The van der Waals surface area contributed by atoms with Crippen molar-refractivity contribution in [2.75, 3.05) is 0 Å². The molecule has 1 N–H and O–H groups in total. The van der Waals surface area contributed by atoms with Crippen LogP contribution in [0.15, 0.2) is 64.8 Å². The van der Waals surface area contributed by atoms with Crippen molar-refractivity contribution in [3.8, 4) is 5.75 Å². The highest BCUT2D eigenvalue weighted by molar-refractivity contribution is 5.84. The Hall–Kier alpha value is -3.28. The van der Waals surface area contributed by atoms with Crippen LogP contribution in [0.4, 0.5) is 5.69 Å². The minimum Gasteiger partial charge on any atom is -0.507 e. The molecular formula is C16H13N3O3. The summed E-state index contributed by atoms with van der Waals surface area (Å²) in [7, 11) is 0. The van der Waals surface area contributed by atoms with Crippen molar-refractivity contribution >= 4 is 24.2 Å². The minimum atomic E-state index is -0.437. The summed E-state index contributed by atoms with van der Waals surface area (Å²) in [6.45, 7) is 0. The highest BCUT2D eigenvalue weighted by atomic mass is 16.6. The highest BCUT2D eigenvalue weighted by Gasteiger charge is 2.08. The molecular weight excluding hydrogens is 282 g/mol. The second-order valence-electron chi connectivity index (χ2n) is 4.24. The maximum atomic E-state index is 10.8. The van der Waals surface area contributed by atoms with E-state index >= 15 is 0 Å². The van der Waals surface area contributed by atoms with Gasteiger partial charge in [-0.3, -0.25) is 10.1 Å². The fourth-order valence-electron chi connectivity index (χ4n) is 1.71.